The maximum absolute atomic E-state index is 13.2. The van der Waals surface area contributed by atoms with Crippen LogP contribution < -0.4 is 5.46 Å². The first-order chi connectivity index (χ1) is 10.1. The van der Waals surface area contributed by atoms with Gasteiger partial charge in [-0.3, -0.25) is 9.80 Å². The second kappa shape index (κ2) is 6.44. The molecule has 0 aliphatic carbocycles. The van der Waals surface area contributed by atoms with Crippen molar-refractivity contribution in [3.05, 3.63) is 29.6 Å². The number of hydrogen-bond donors (Lipinski definition) is 2. The summed E-state index contributed by atoms with van der Waals surface area (Å²) >= 11 is 0. The number of likely N-dealkylation sites (tertiary alicyclic amines) is 2. The molecular formula is C15H22BFN2O2. The largest absolute Gasteiger partial charge is 0.488 e. The standard InChI is InChI=1S/C15H22BFN2O2/c17-13-4-3-12(15(9-13)16(20)21)10-18-8-5-14(11-18)19-6-1-2-7-19/h3-4,9,14,20-21H,1-2,5-8,10-11H2. The van der Waals surface area contributed by atoms with Crippen molar-refractivity contribution in [1.82, 2.24) is 9.80 Å². The lowest BCUT2D eigenvalue weighted by Gasteiger charge is -2.24. The summed E-state index contributed by atoms with van der Waals surface area (Å²) in [5.74, 6) is -0.432. The van der Waals surface area contributed by atoms with Crippen molar-refractivity contribution < 1.29 is 14.4 Å². The Balaban J connectivity index is 1.64. The fourth-order valence-corrected chi connectivity index (χ4v) is 3.55. The van der Waals surface area contributed by atoms with Crippen LogP contribution in [0.1, 0.15) is 24.8 Å². The van der Waals surface area contributed by atoms with E-state index in [1.807, 2.05) is 0 Å². The second-order valence-corrected chi connectivity index (χ2v) is 6.14. The number of benzene rings is 1. The van der Waals surface area contributed by atoms with E-state index in [-0.39, 0.29) is 5.46 Å². The van der Waals surface area contributed by atoms with Crippen LogP contribution in [0.25, 0.3) is 0 Å². The summed E-state index contributed by atoms with van der Waals surface area (Å²) < 4.78 is 13.2. The van der Waals surface area contributed by atoms with Crippen molar-refractivity contribution in [2.45, 2.75) is 31.8 Å². The first-order valence-corrected chi connectivity index (χ1v) is 7.74. The summed E-state index contributed by atoms with van der Waals surface area (Å²) in [4.78, 5) is 4.88. The molecule has 0 saturated carbocycles. The highest BCUT2D eigenvalue weighted by atomic mass is 19.1. The topological polar surface area (TPSA) is 46.9 Å². The van der Waals surface area contributed by atoms with Gasteiger partial charge < -0.3 is 10.0 Å². The van der Waals surface area contributed by atoms with Gasteiger partial charge in [0.05, 0.1) is 0 Å². The Labute approximate surface area is 125 Å². The van der Waals surface area contributed by atoms with Crippen LogP contribution in [0.15, 0.2) is 18.2 Å². The van der Waals surface area contributed by atoms with E-state index >= 15 is 0 Å². The Morgan fingerprint density at radius 2 is 1.95 bits per heavy atom. The molecule has 2 aliphatic heterocycles. The molecular weight excluding hydrogens is 270 g/mol. The third-order valence-electron chi connectivity index (χ3n) is 4.68. The molecule has 1 atom stereocenters. The van der Waals surface area contributed by atoms with Crippen molar-refractivity contribution in [2.24, 2.45) is 0 Å². The van der Waals surface area contributed by atoms with Crippen LogP contribution in [0, 0.1) is 5.82 Å². The maximum atomic E-state index is 13.2. The van der Waals surface area contributed by atoms with Gasteiger partial charge >= 0.3 is 7.12 Å². The van der Waals surface area contributed by atoms with E-state index in [1.54, 1.807) is 6.07 Å². The Hall–Kier alpha value is -0.945. The number of nitrogens with zero attached hydrogens (tertiary/aromatic N) is 2. The summed E-state index contributed by atoms with van der Waals surface area (Å²) in [6.07, 6.45) is 3.77. The van der Waals surface area contributed by atoms with Gasteiger partial charge in [0.2, 0.25) is 0 Å². The molecule has 0 bridgehead atoms. The molecule has 1 unspecified atom stereocenters. The van der Waals surface area contributed by atoms with Gasteiger partial charge in [-0.15, -0.1) is 0 Å². The summed E-state index contributed by atoms with van der Waals surface area (Å²) in [5.41, 5.74) is 1.08. The van der Waals surface area contributed by atoms with Crippen molar-refractivity contribution in [2.75, 3.05) is 26.2 Å². The van der Waals surface area contributed by atoms with Gasteiger partial charge in [-0.05, 0) is 55.5 Å². The SMILES string of the molecule is OB(O)c1cc(F)ccc1CN1CCC(N2CCCC2)C1. The zero-order valence-electron chi connectivity index (χ0n) is 12.2. The normalized spacial score (nSPS) is 23.9. The second-order valence-electron chi connectivity index (χ2n) is 6.14. The molecule has 2 saturated heterocycles. The van der Waals surface area contributed by atoms with E-state index in [0.717, 1.165) is 25.1 Å². The van der Waals surface area contributed by atoms with Crippen LogP contribution in [0.5, 0.6) is 0 Å². The maximum Gasteiger partial charge on any atom is 0.488 e. The Morgan fingerprint density at radius 1 is 1.19 bits per heavy atom. The van der Waals surface area contributed by atoms with E-state index in [9.17, 15) is 14.4 Å². The minimum Gasteiger partial charge on any atom is -0.423 e. The smallest absolute Gasteiger partial charge is 0.423 e. The predicted molar refractivity (Wildman–Crippen MR) is 80.7 cm³/mol. The van der Waals surface area contributed by atoms with E-state index in [4.69, 9.17) is 0 Å². The number of rotatable bonds is 4. The van der Waals surface area contributed by atoms with E-state index in [1.165, 1.54) is 38.1 Å². The average Bonchev–Trinajstić information content (AvgIpc) is 3.11. The highest BCUT2D eigenvalue weighted by Gasteiger charge is 2.30. The van der Waals surface area contributed by atoms with E-state index in [2.05, 4.69) is 9.80 Å². The summed E-state index contributed by atoms with van der Waals surface area (Å²) in [6.45, 7) is 5.08. The van der Waals surface area contributed by atoms with Gasteiger partial charge in [-0.25, -0.2) is 4.39 Å². The van der Waals surface area contributed by atoms with Gasteiger partial charge in [0.1, 0.15) is 5.82 Å². The lowest BCUT2D eigenvalue weighted by molar-refractivity contribution is 0.230. The molecule has 0 amide bonds. The summed E-state index contributed by atoms with van der Waals surface area (Å²) in [6, 6.07) is 4.88. The van der Waals surface area contributed by atoms with Crippen molar-refractivity contribution in [1.29, 1.82) is 0 Å². The molecule has 6 heteroatoms. The highest BCUT2D eigenvalue weighted by molar-refractivity contribution is 6.59. The summed E-state index contributed by atoms with van der Waals surface area (Å²) in [5, 5.41) is 18.8. The van der Waals surface area contributed by atoms with Crippen molar-refractivity contribution in [3.8, 4) is 0 Å². The van der Waals surface area contributed by atoms with Gasteiger partial charge in [0.15, 0.2) is 0 Å². The average molecular weight is 292 g/mol. The fourth-order valence-electron chi connectivity index (χ4n) is 3.55. The van der Waals surface area contributed by atoms with Crippen LogP contribution in [0.4, 0.5) is 4.39 Å². The molecule has 0 radical (unpaired) electrons. The molecule has 2 heterocycles. The third-order valence-corrected chi connectivity index (χ3v) is 4.68. The van der Waals surface area contributed by atoms with Gasteiger partial charge in [0, 0.05) is 25.7 Å². The first-order valence-electron chi connectivity index (χ1n) is 7.74. The summed E-state index contributed by atoms with van der Waals surface area (Å²) in [7, 11) is -1.62. The molecule has 21 heavy (non-hydrogen) atoms. The minimum atomic E-state index is -1.62. The molecule has 2 aliphatic rings. The Kier molecular flexibility index (Phi) is 4.59. The highest BCUT2D eigenvalue weighted by Crippen LogP contribution is 2.21. The quantitative estimate of drug-likeness (QED) is 0.777. The van der Waals surface area contributed by atoms with Gasteiger partial charge in [-0.1, -0.05) is 6.07 Å². The molecule has 4 nitrogen and oxygen atoms in total. The van der Waals surface area contributed by atoms with Crippen LogP contribution >= 0.6 is 0 Å². The number of hydrogen-bond acceptors (Lipinski definition) is 4. The molecule has 1 aromatic rings. The molecule has 2 N–H and O–H groups in total. The fraction of sp³-hybridized carbons (Fsp3) is 0.600. The van der Waals surface area contributed by atoms with Gasteiger partial charge in [-0.2, -0.15) is 0 Å². The molecule has 114 valence electrons. The first kappa shape index (κ1) is 15.0. The monoisotopic (exact) mass is 292 g/mol. The molecule has 0 aromatic heterocycles. The number of halogens is 1. The van der Waals surface area contributed by atoms with Crippen LogP contribution in [-0.2, 0) is 6.54 Å². The van der Waals surface area contributed by atoms with Crippen LogP contribution in [0.2, 0.25) is 0 Å². The lowest BCUT2D eigenvalue weighted by atomic mass is 9.77. The van der Waals surface area contributed by atoms with Crippen molar-refractivity contribution >= 4 is 12.6 Å². The Morgan fingerprint density at radius 3 is 2.67 bits per heavy atom. The Bertz CT molecular complexity index is 495. The van der Waals surface area contributed by atoms with Gasteiger partial charge in [0.25, 0.3) is 0 Å². The molecule has 0 spiro atoms. The molecule has 1 aromatic carbocycles. The van der Waals surface area contributed by atoms with E-state index < -0.39 is 12.9 Å². The lowest BCUT2D eigenvalue weighted by Crippen LogP contribution is -2.37. The third kappa shape index (κ3) is 3.45. The van der Waals surface area contributed by atoms with E-state index in [0.29, 0.717) is 12.6 Å². The zero-order valence-corrected chi connectivity index (χ0v) is 12.2. The van der Waals surface area contributed by atoms with Crippen molar-refractivity contribution in [3.63, 3.8) is 0 Å². The molecule has 3 rings (SSSR count). The molecule has 2 fully saturated rings. The predicted octanol–water partition coefficient (Wildman–Crippen LogP) is 0.176. The van der Waals surface area contributed by atoms with Crippen LogP contribution in [0.3, 0.4) is 0 Å². The minimum absolute atomic E-state index is 0.277. The zero-order chi connectivity index (χ0) is 14.8. The van der Waals surface area contributed by atoms with Crippen LogP contribution in [-0.4, -0.2) is 59.2 Å².